The van der Waals surface area contributed by atoms with Crippen LogP contribution in [-0.4, -0.2) is 52.9 Å². The number of aryl methyl sites for hydroxylation is 1. The van der Waals surface area contributed by atoms with Crippen molar-refractivity contribution in [3.63, 3.8) is 0 Å². The molecule has 1 fully saturated rings. The maximum absolute atomic E-state index is 11.8. The average molecular weight is 490 g/mol. The van der Waals surface area contributed by atoms with Crippen molar-refractivity contribution in [3.05, 3.63) is 72.4 Å². The molecular formula is C28H31N3O3S. The van der Waals surface area contributed by atoms with Crippen LogP contribution in [0, 0.1) is 0 Å². The molecule has 0 amide bonds. The number of hydrogen-bond acceptors (Lipinski definition) is 5. The Kier molecular flexibility index (Phi) is 6.03. The van der Waals surface area contributed by atoms with Crippen molar-refractivity contribution >= 4 is 20.9 Å². The van der Waals surface area contributed by atoms with Gasteiger partial charge < -0.3 is 9.67 Å². The molecule has 6 nitrogen and oxygen atoms in total. The molecule has 0 bridgehead atoms. The van der Waals surface area contributed by atoms with E-state index in [-0.39, 0.29) is 0 Å². The zero-order valence-corrected chi connectivity index (χ0v) is 21.2. The number of pyridine rings is 1. The molecule has 4 aromatic rings. The molecule has 1 N–H and O–H groups in total. The summed E-state index contributed by atoms with van der Waals surface area (Å²) in [5.74, 6) is 0. The molecule has 1 aliphatic rings. The van der Waals surface area contributed by atoms with E-state index in [1.807, 2.05) is 38.4 Å². The average Bonchev–Trinajstić information content (AvgIpc) is 3.16. The molecular weight excluding hydrogens is 458 g/mol. The van der Waals surface area contributed by atoms with Gasteiger partial charge in [-0.3, -0.25) is 9.88 Å². The smallest absolute Gasteiger partial charge is 0.175 e. The van der Waals surface area contributed by atoms with E-state index in [0.29, 0.717) is 4.90 Å². The van der Waals surface area contributed by atoms with Crippen LogP contribution in [0.15, 0.2) is 71.8 Å². The number of fused-ring (bicyclic) bond motifs is 1. The molecule has 2 aromatic carbocycles. The van der Waals surface area contributed by atoms with Gasteiger partial charge in [0.25, 0.3) is 0 Å². The molecule has 0 unspecified atom stereocenters. The largest absolute Gasteiger partial charge is 0.390 e. The second-order valence-corrected chi connectivity index (χ2v) is 12.0. The van der Waals surface area contributed by atoms with Gasteiger partial charge in [0.2, 0.25) is 0 Å². The Morgan fingerprint density at radius 2 is 1.57 bits per heavy atom. The molecule has 1 saturated heterocycles. The molecule has 35 heavy (non-hydrogen) atoms. The molecule has 2 aromatic heterocycles. The first-order valence-electron chi connectivity index (χ1n) is 11.9. The molecule has 3 heterocycles. The third-order valence-electron chi connectivity index (χ3n) is 7.10. The van der Waals surface area contributed by atoms with Crippen LogP contribution in [0.4, 0.5) is 0 Å². The number of likely N-dealkylation sites (tertiary alicyclic amines) is 1. The summed E-state index contributed by atoms with van der Waals surface area (Å²) in [7, 11) is -1.21. The number of aliphatic hydroxyl groups is 1. The van der Waals surface area contributed by atoms with Crippen molar-refractivity contribution in [2.75, 3.05) is 19.3 Å². The summed E-state index contributed by atoms with van der Waals surface area (Å²) >= 11 is 0. The van der Waals surface area contributed by atoms with E-state index in [1.165, 1.54) is 11.8 Å². The second-order valence-electron chi connectivity index (χ2n) is 9.98. The first-order valence-corrected chi connectivity index (χ1v) is 13.8. The van der Waals surface area contributed by atoms with Crippen LogP contribution < -0.4 is 0 Å². The molecule has 7 heteroatoms. The third-order valence-corrected chi connectivity index (χ3v) is 8.23. The molecule has 0 radical (unpaired) electrons. The topological polar surface area (TPSA) is 75.4 Å². The lowest BCUT2D eigenvalue weighted by Gasteiger charge is -2.35. The lowest BCUT2D eigenvalue weighted by molar-refractivity contribution is -0.00730. The predicted octanol–water partition coefficient (Wildman–Crippen LogP) is 4.66. The highest BCUT2D eigenvalue weighted by Gasteiger charge is 2.27. The Bertz CT molecular complexity index is 1460. The summed E-state index contributed by atoms with van der Waals surface area (Å²) in [6.45, 7) is 4.66. The van der Waals surface area contributed by atoms with Crippen molar-refractivity contribution in [1.29, 1.82) is 0 Å². The van der Waals surface area contributed by atoms with Crippen molar-refractivity contribution in [1.82, 2.24) is 14.5 Å². The van der Waals surface area contributed by atoms with E-state index in [4.69, 9.17) is 4.98 Å². The minimum atomic E-state index is -3.22. The van der Waals surface area contributed by atoms with E-state index in [1.54, 1.807) is 12.1 Å². The Balaban J connectivity index is 1.36. The summed E-state index contributed by atoms with van der Waals surface area (Å²) in [6.07, 6.45) is 4.76. The van der Waals surface area contributed by atoms with Gasteiger partial charge in [-0.25, -0.2) is 8.42 Å². The fourth-order valence-electron chi connectivity index (χ4n) is 4.76. The van der Waals surface area contributed by atoms with E-state index in [2.05, 4.69) is 39.8 Å². The van der Waals surface area contributed by atoms with Crippen LogP contribution in [0.5, 0.6) is 0 Å². The van der Waals surface area contributed by atoms with Crippen molar-refractivity contribution < 1.29 is 13.5 Å². The summed E-state index contributed by atoms with van der Waals surface area (Å²) in [6, 6.07) is 19.8. The third kappa shape index (κ3) is 5.03. The molecule has 0 aliphatic carbocycles. The van der Waals surface area contributed by atoms with Crippen LogP contribution in [0.1, 0.15) is 25.3 Å². The molecule has 182 valence electrons. The summed E-state index contributed by atoms with van der Waals surface area (Å²) in [5.41, 5.74) is 6.77. The molecule has 5 rings (SSSR count). The molecule has 1 aliphatic heterocycles. The zero-order chi connectivity index (χ0) is 24.8. The predicted molar refractivity (Wildman–Crippen MR) is 140 cm³/mol. The van der Waals surface area contributed by atoms with Gasteiger partial charge in [0.15, 0.2) is 9.84 Å². The van der Waals surface area contributed by atoms with Gasteiger partial charge in [-0.05, 0) is 60.7 Å². The maximum atomic E-state index is 11.8. The lowest BCUT2D eigenvalue weighted by atomic mass is 9.93. The molecule has 0 saturated carbocycles. The Morgan fingerprint density at radius 3 is 2.20 bits per heavy atom. The van der Waals surface area contributed by atoms with E-state index < -0.39 is 15.4 Å². The monoisotopic (exact) mass is 489 g/mol. The summed E-state index contributed by atoms with van der Waals surface area (Å²) < 4.78 is 25.7. The van der Waals surface area contributed by atoms with Gasteiger partial charge in [-0.1, -0.05) is 36.4 Å². The highest BCUT2D eigenvalue weighted by atomic mass is 32.2. The van der Waals surface area contributed by atoms with Crippen LogP contribution in [-0.2, 0) is 23.4 Å². The molecule has 0 spiro atoms. The Hall–Kier alpha value is -3.00. The minimum absolute atomic E-state index is 0.316. The number of benzene rings is 2. The number of piperidine rings is 1. The molecule has 0 atom stereocenters. The quantitative estimate of drug-likeness (QED) is 0.441. The van der Waals surface area contributed by atoms with Gasteiger partial charge >= 0.3 is 0 Å². The summed E-state index contributed by atoms with van der Waals surface area (Å²) in [4.78, 5) is 7.42. The Morgan fingerprint density at radius 1 is 0.943 bits per heavy atom. The fourth-order valence-corrected chi connectivity index (χ4v) is 5.39. The van der Waals surface area contributed by atoms with E-state index in [0.717, 1.165) is 65.9 Å². The first-order chi connectivity index (χ1) is 16.6. The van der Waals surface area contributed by atoms with Gasteiger partial charge in [-0.2, -0.15) is 0 Å². The van der Waals surface area contributed by atoms with Crippen LogP contribution in [0.3, 0.4) is 0 Å². The van der Waals surface area contributed by atoms with E-state index >= 15 is 0 Å². The summed E-state index contributed by atoms with van der Waals surface area (Å²) in [5, 5.41) is 10.2. The van der Waals surface area contributed by atoms with E-state index in [9.17, 15) is 13.5 Å². The van der Waals surface area contributed by atoms with Gasteiger partial charge in [-0.15, -0.1) is 0 Å². The van der Waals surface area contributed by atoms with Crippen molar-refractivity contribution in [2.24, 2.45) is 7.05 Å². The number of nitrogens with zero attached hydrogens (tertiary/aromatic N) is 3. The highest BCUT2D eigenvalue weighted by Crippen LogP contribution is 2.30. The number of sulfone groups is 1. The van der Waals surface area contributed by atoms with Crippen LogP contribution in [0.2, 0.25) is 0 Å². The second kappa shape index (κ2) is 8.90. The van der Waals surface area contributed by atoms with Crippen LogP contribution in [0.25, 0.3) is 33.4 Å². The maximum Gasteiger partial charge on any atom is 0.175 e. The van der Waals surface area contributed by atoms with Gasteiger partial charge in [0, 0.05) is 44.7 Å². The number of rotatable bonds is 5. The van der Waals surface area contributed by atoms with Crippen molar-refractivity contribution in [2.45, 2.75) is 36.8 Å². The van der Waals surface area contributed by atoms with Crippen molar-refractivity contribution in [3.8, 4) is 22.4 Å². The fraction of sp³-hybridized carbons (Fsp3) is 0.321. The standard InChI is InChI=1S/C28H31N3O3S/c1-28(32)12-14-31(15-13-28)19-20-4-6-21(7-5-20)23-16-27-25(29-18-23)17-26(30(27)2)22-8-10-24(11-9-22)35(3,33)34/h4-11,16-18,32H,12-15,19H2,1-3H3. The number of aromatic nitrogens is 2. The Labute approximate surface area is 206 Å². The normalized spacial score (nSPS) is 16.6. The zero-order valence-electron chi connectivity index (χ0n) is 20.4. The lowest BCUT2D eigenvalue weighted by Crippen LogP contribution is -2.41. The van der Waals surface area contributed by atoms with Gasteiger partial charge in [0.05, 0.1) is 27.2 Å². The minimum Gasteiger partial charge on any atom is -0.390 e. The SMILES string of the molecule is Cn1c(-c2ccc(S(C)(=O)=O)cc2)cc2ncc(-c3ccc(CN4CCC(C)(O)CC4)cc3)cc21. The van der Waals surface area contributed by atoms with Crippen LogP contribution >= 0.6 is 0 Å². The number of hydrogen-bond donors (Lipinski definition) is 1. The highest BCUT2D eigenvalue weighted by molar-refractivity contribution is 7.90. The van der Waals surface area contributed by atoms with Gasteiger partial charge in [0.1, 0.15) is 0 Å². The first kappa shape index (κ1) is 23.7.